The Morgan fingerprint density at radius 1 is 1.17 bits per heavy atom. The number of hydrogen-bond donors (Lipinski definition) is 1. The van der Waals surface area contributed by atoms with Crippen LogP contribution in [0.4, 0.5) is 5.69 Å². The first-order valence-corrected chi connectivity index (χ1v) is 8.97. The molecule has 2 fully saturated rings. The monoisotopic (exact) mass is 332 g/mol. The molecule has 1 N–H and O–H groups in total. The van der Waals surface area contributed by atoms with Crippen LogP contribution in [0.2, 0.25) is 0 Å². The fraction of sp³-hybridized carbons (Fsp3) is 0.632. The third kappa shape index (κ3) is 4.56. The van der Waals surface area contributed by atoms with Gasteiger partial charge in [0.2, 0.25) is 5.91 Å². The average molecular weight is 332 g/mol. The zero-order valence-corrected chi connectivity index (χ0v) is 14.7. The van der Waals surface area contributed by atoms with Gasteiger partial charge in [0.15, 0.2) is 6.29 Å². The summed E-state index contributed by atoms with van der Waals surface area (Å²) in [5.41, 5.74) is 2.15. The van der Waals surface area contributed by atoms with Gasteiger partial charge in [-0.05, 0) is 49.5 Å². The van der Waals surface area contributed by atoms with E-state index < -0.39 is 0 Å². The SMILES string of the molecule is CC(C)c1ccc(NC(=O)CN2CCC(C3OCCO3)CC2)cc1. The van der Waals surface area contributed by atoms with E-state index in [0.717, 1.165) is 31.6 Å². The molecule has 0 bridgehead atoms. The molecular weight excluding hydrogens is 304 g/mol. The van der Waals surface area contributed by atoms with Crippen LogP contribution < -0.4 is 5.32 Å². The highest BCUT2D eigenvalue weighted by atomic mass is 16.7. The molecule has 0 unspecified atom stereocenters. The molecule has 0 aromatic heterocycles. The van der Waals surface area contributed by atoms with Crippen LogP contribution in [-0.2, 0) is 14.3 Å². The topological polar surface area (TPSA) is 50.8 Å². The van der Waals surface area contributed by atoms with Gasteiger partial charge in [-0.15, -0.1) is 0 Å². The minimum absolute atomic E-state index is 0.0274. The highest BCUT2D eigenvalue weighted by Crippen LogP contribution is 2.25. The van der Waals surface area contributed by atoms with E-state index in [4.69, 9.17) is 9.47 Å². The second kappa shape index (κ2) is 8.10. The molecule has 24 heavy (non-hydrogen) atoms. The Balaban J connectivity index is 1.42. The van der Waals surface area contributed by atoms with E-state index >= 15 is 0 Å². The second-order valence-electron chi connectivity index (χ2n) is 7.05. The van der Waals surface area contributed by atoms with Crippen LogP contribution in [0.5, 0.6) is 0 Å². The predicted molar refractivity (Wildman–Crippen MR) is 94.0 cm³/mol. The molecule has 5 heteroatoms. The van der Waals surface area contributed by atoms with Crippen molar-refractivity contribution in [3.8, 4) is 0 Å². The number of nitrogens with one attached hydrogen (secondary N) is 1. The molecule has 2 aliphatic rings. The van der Waals surface area contributed by atoms with E-state index in [1.807, 2.05) is 12.1 Å². The maximum atomic E-state index is 12.2. The number of amides is 1. The number of ether oxygens (including phenoxy) is 2. The highest BCUT2D eigenvalue weighted by molar-refractivity contribution is 5.92. The molecule has 0 saturated carbocycles. The highest BCUT2D eigenvalue weighted by Gasteiger charge is 2.30. The molecule has 0 aliphatic carbocycles. The lowest BCUT2D eigenvalue weighted by molar-refractivity contribution is -0.119. The molecule has 1 aromatic carbocycles. The van der Waals surface area contributed by atoms with Crippen LogP contribution in [0, 0.1) is 5.92 Å². The maximum absolute atomic E-state index is 12.2. The minimum Gasteiger partial charge on any atom is -0.350 e. The quantitative estimate of drug-likeness (QED) is 0.901. The molecule has 0 atom stereocenters. The maximum Gasteiger partial charge on any atom is 0.238 e. The summed E-state index contributed by atoms with van der Waals surface area (Å²) in [6, 6.07) is 8.11. The third-order valence-electron chi connectivity index (χ3n) is 4.89. The number of nitrogens with zero attached hydrogens (tertiary/aromatic N) is 1. The Morgan fingerprint density at radius 3 is 2.38 bits per heavy atom. The van der Waals surface area contributed by atoms with E-state index in [9.17, 15) is 4.79 Å². The number of hydrogen-bond acceptors (Lipinski definition) is 4. The Labute approximate surface area is 144 Å². The van der Waals surface area contributed by atoms with Crippen LogP contribution in [0.1, 0.15) is 38.2 Å². The van der Waals surface area contributed by atoms with E-state index in [1.54, 1.807) is 0 Å². The van der Waals surface area contributed by atoms with Crippen molar-refractivity contribution < 1.29 is 14.3 Å². The lowest BCUT2D eigenvalue weighted by Crippen LogP contribution is -2.41. The molecule has 2 saturated heterocycles. The third-order valence-corrected chi connectivity index (χ3v) is 4.89. The summed E-state index contributed by atoms with van der Waals surface area (Å²) >= 11 is 0. The summed E-state index contributed by atoms with van der Waals surface area (Å²) in [7, 11) is 0. The zero-order chi connectivity index (χ0) is 16.9. The summed E-state index contributed by atoms with van der Waals surface area (Å²) in [5.74, 6) is 1.03. The Hall–Kier alpha value is -1.43. The lowest BCUT2D eigenvalue weighted by Gasteiger charge is -2.33. The molecule has 2 heterocycles. The van der Waals surface area contributed by atoms with Crippen LogP contribution in [-0.4, -0.2) is 49.9 Å². The van der Waals surface area contributed by atoms with E-state index in [2.05, 4.69) is 36.2 Å². The summed E-state index contributed by atoms with van der Waals surface area (Å²) in [5, 5.41) is 2.99. The molecule has 1 aromatic rings. The summed E-state index contributed by atoms with van der Waals surface area (Å²) in [6.45, 7) is 8.05. The molecule has 1 amide bonds. The first-order chi connectivity index (χ1) is 11.6. The minimum atomic E-state index is -0.0274. The van der Waals surface area contributed by atoms with E-state index in [0.29, 0.717) is 31.6 Å². The lowest BCUT2D eigenvalue weighted by atomic mass is 9.96. The number of piperidine rings is 1. The van der Waals surface area contributed by atoms with Gasteiger partial charge in [-0.3, -0.25) is 9.69 Å². The normalized spacial score (nSPS) is 20.6. The van der Waals surface area contributed by atoms with Gasteiger partial charge < -0.3 is 14.8 Å². The first kappa shape index (κ1) is 17.4. The van der Waals surface area contributed by atoms with E-state index in [-0.39, 0.29) is 12.2 Å². The van der Waals surface area contributed by atoms with Crippen molar-refractivity contribution in [2.75, 3.05) is 38.2 Å². The van der Waals surface area contributed by atoms with Gasteiger partial charge in [0.05, 0.1) is 19.8 Å². The van der Waals surface area contributed by atoms with Crippen molar-refractivity contribution in [1.29, 1.82) is 0 Å². The van der Waals surface area contributed by atoms with Gasteiger partial charge in [-0.1, -0.05) is 26.0 Å². The number of likely N-dealkylation sites (tertiary alicyclic amines) is 1. The van der Waals surface area contributed by atoms with Gasteiger partial charge >= 0.3 is 0 Å². The van der Waals surface area contributed by atoms with Crippen molar-refractivity contribution in [3.05, 3.63) is 29.8 Å². The van der Waals surface area contributed by atoms with Gasteiger partial charge in [-0.2, -0.15) is 0 Å². The van der Waals surface area contributed by atoms with E-state index in [1.165, 1.54) is 5.56 Å². The number of carbonyl (C=O) groups is 1. The number of rotatable bonds is 5. The fourth-order valence-electron chi connectivity index (χ4n) is 3.39. The average Bonchev–Trinajstić information content (AvgIpc) is 3.10. The molecular formula is C19H28N2O3. The van der Waals surface area contributed by atoms with Crippen molar-refractivity contribution in [2.24, 2.45) is 5.92 Å². The number of anilines is 1. The largest absolute Gasteiger partial charge is 0.350 e. The Kier molecular flexibility index (Phi) is 5.87. The van der Waals surface area contributed by atoms with Crippen molar-refractivity contribution in [2.45, 2.75) is 38.9 Å². The van der Waals surface area contributed by atoms with Crippen LogP contribution in [0.15, 0.2) is 24.3 Å². The van der Waals surface area contributed by atoms with Gasteiger partial charge in [0.25, 0.3) is 0 Å². The summed E-state index contributed by atoms with van der Waals surface area (Å²) < 4.78 is 11.2. The summed E-state index contributed by atoms with van der Waals surface area (Å²) in [4.78, 5) is 14.4. The second-order valence-corrected chi connectivity index (χ2v) is 7.05. The Morgan fingerprint density at radius 2 is 1.79 bits per heavy atom. The molecule has 132 valence electrons. The molecule has 2 aliphatic heterocycles. The number of benzene rings is 1. The van der Waals surface area contributed by atoms with Crippen LogP contribution in [0.3, 0.4) is 0 Å². The van der Waals surface area contributed by atoms with Gasteiger partial charge in [-0.25, -0.2) is 0 Å². The Bertz CT molecular complexity index is 530. The van der Waals surface area contributed by atoms with Gasteiger partial charge in [0.1, 0.15) is 0 Å². The van der Waals surface area contributed by atoms with Crippen LogP contribution >= 0.6 is 0 Å². The first-order valence-electron chi connectivity index (χ1n) is 8.97. The zero-order valence-electron chi connectivity index (χ0n) is 14.7. The fourth-order valence-corrected chi connectivity index (χ4v) is 3.39. The van der Waals surface area contributed by atoms with Crippen molar-refractivity contribution in [1.82, 2.24) is 4.90 Å². The summed E-state index contributed by atoms with van der Waals surface area (Å²) in [6.07, 6.45) is 2.03. The van der Waals surface area contributed by atoms with Gasteiger partial charge in [0, 0.05) is 11.6 Å². The van der Waals surface area contributed by atoms with Crippen molar-refractivity contribution in [3.63, 3.8) is 0 Å². The standard InChI is InChI=1S/C19H28N2O3/c1-14(2)15-3-5-17(6-4-15)20-18(22)13-21-9-7-16(8-10-21)19-23-11-12-24-19/h3-6,14,16,19H,7-13H2,1-2H3,(H,20,22). The van der Waals surface area contributed by atoms with Crippen molar-refractivity contribution >= 4 is 11.6 Å². The van der Waals surface area contributed by atoms with Crippen LogP contribution in [0.25, 0.3) is 0 Å². The molecule has 5 nitrogen and oxygen atoms in total. The smallest absolute Gasteiger partial charge is 0.238 e. The molecule has 0 radical (unpaired) electrons. The number of carbonyl (C=O) groups excluding carboxylic acids is 1. The molecule has 3 rings (SSSR count). The molecule has 0 spiro atoms. The predicted octanol–water partition coefficient (Wildman–Crippen LogP) is 2.83.